The van der Waals surface area contributed by atoms with Gasteiger partial charge in [0.25, 0.3) is 0 Å². The molecule has 0 atom stereocenters. The SMILES string of the molecule is [Ag].[AlH3].[Au].[Cu].[Ni].[Pd].[Pt]. The van der Waals surface area contributed by atoms with Gasteiger partial charge in [0.05, 0.1) is 0 Å². The summed E-state index contributed by atoms with van der Waals surface area (Å²) in [7, 11) is 0. The van der Waals surface area contributed by atoms with Crippen molar-refractivity contribution in [3.05, 3.63) is 0 Å². The molecule has 0 aromatic heterocycles. The van der Waals surface area contributed by atoms with E-state index in [2.05, 4.69) is 0 Å². The standard InChI is InChI=1S/Ag.Al.Au.Cu.Ni.Pd.Pt.3H. The fourth-order valence-electron chi connectivity index (χ4n) is 0. The summed E-state index contributed by atoms with van der Waals surface area (Å²) in [6.45, 7) is 0. The Balaban J connectivity index is 0. The fourth-order valence-corrected chi connectivity index (χ4v) is 0. The monoisotopic (exact) mass is 756 g/mol. The Morgan fingerprint density at radius 3 is 1.00 bits per heavy atom. The van der Waals surface area contributed by atoms with Crippen LogP contribution in [0.25, 0.3) is 0 Å². The zero-order valence-electron chi connectivity index (χ0n) is 1.85. The van der Waals surface area contributed by atoms with E-state index >= 15 is 0 Å². The van der Waals surface area contributed by atoms with Gasteiger partial charge < -0.3 is 0 Å². The second kappa shape index (κ2) is 47.6. The summed E-state index contributed by atoms with van der Waals surface area (Å²) in [6, 6.07) is 0. The first-order chi connectivity index (χ1) is 0. The van der Waals surface area contributed by atoms with Crippen LogP contribution in [-0.2, 0) is 120 Å². The predicted octanol–water partition coefficient (Wildman–Crippen LogP) is -1.20. The van der Waals surface area contributed by atoms with Crippen LogP contribution in [0.5, 0.6) is 0 Å². The van der Waals surface area contributed by atoms with Crippen molar-refractivity contribution in [2.45, 2.75) is 0 Å². The molecule has 0 rings (SSSR count). The first kappa shape index (κ1) is 64.0. The van der Waals surface area contributed by atoms with Gasteiger partial charge >= 0.3 is 0 Å². The molecule has 7 heteroatoms. The van der Waals surface area contributed by atoms with Gasteiger partial charge in [0.1, 0.15) is 0 Å². The minimum absolute atomic E-state index is 0. The van der Waals surface area contributed by atoms with E-state index in [1.807, 2.05) is 0 Å². The number of rotatable bonds is 0. The van der Waals surface area contributed by atoms with Crippen molar-refractivity contribution in [1.29, 1.82) is 0 Å². The quantitative estimate of drug-likeness (QED) is 0.273. The van der Waals surface area contributed by atoms with Crippen LogP contribution in [0.15, 0.2) is 0 Å². The molecule has 0 aromatic rings. The third kappa shape index (κ3) is 38.0. The Kier molecular flexibility index (Phi) is 435. The second-order valence-corrected chi connectivity index (χ2v) is 0. The van der Waals surface area contributed by atoms with Gasteiger partial charge in [-0.3, -0.25) is 0 Å². The van der Waals surface area contributed by atoms with Crippen LogP contribution in [0.2, 0.25) is 0 Å². The van der Waals surface area contributed by atoms with Crippen LogP contribution >= 0.6 is 0 Å². The van der Waals surface area contributed by atoms with Crippen molar-refractivity contribution in [2.24, 2.45) is 0 Å². The molecule has 3 radical (unpaired) electrons. The maximum atomic E-state index is 0. The molecule has 69 valence electrons. The van der Waals surface area contributed by atoms with E-state index in [4.69, 9.17) is 0 Å². The summed E-state index contributed by atoms with van der Waals surface area (Å²) in [6.07, 6.45) is 0. The molecule has 0 aromatic carbocycles. The minimum atomic E-state index is 0. The van der Waals surface area contributed by atoms with E-state index in [1.54, 1.807) is 0 Å². The Hall–Kier alpha value is 4.38. The average Bonchev–Trinajstić information content (AvgIpc) is 0. The van der Waals surface area contributed by atoms with E-state index in [0.717, 1.165) is 0 Å². The molecule has 0 unspecified atom stereocenters. The molecule has 0 N–H and O–H groups in total. The van der Waals surface area contributed by atoms with Crippen LogP contribution in [-0.4, -0.2) is 17.4 Å². The molecule has 7 heavy (non-hydrogen) atoms. The van der Waals surface area contributed by atoms with Crippen LogP contribution in [0.3, 0.4) is 0 Å². The van der Waals surface area contributed by atoms with E-state index < -0.39 is 0 Å². The molecule has 0 nitrogen and oxygen atoms in total. The molecule has 0 saturated heterocycles. The van der Waals surface area contributed by atoms with Gasteiger partial charge in [-0.05, 0) is 0 Å². The third-order valence-corrected chi connectivity index (χ3v) is 0. The summed E-state index contributed by atoms with van der Waals surface area (Å²) in [5.74, 6) is 0. The smallest absolute Gasteiger partial charge is 0 e. The Morgan fingerprint density at radius 1 is 1.00 bits per heavy atom. The van der Waals surface area contributed by atoms with Gasteiger partial charge in [0, 0.05) is 120 Å². The van der Waals surface area contributed by atoms with Crippen LogP contribution in [0.4, 0.5) is 0 Å². The second-order valence-electron chi connectivity index (χ2n) is 0. The van der Waals surface area contributed by atoms with Crippen molar-refractivity contribution < 1.29 is 120 Å². The van der Waals surface area contributed by atoms with E-state index in [-0.39, 0.29) is 137 Å². The number of hydrogen-bond acceptors (Lipinski definition) is 0. The molecule has 0 fully saturated rings. The Labute approximate surface area is 134 Å². The average molecular weight is 759 g/mol. The maximum Gasteiger partial charge on any atom is 0.187 e. The van der Waals surface area contributed by atoms with Crippen LogP contribution < -0.4 is 0 Å². The predicted molar refractivity (Wildman–Crippen MR) is 9.94 cm³/mol. The van der Waals surface area contributed by atoms with Crippen molar-refractivity contribution in [3.8, 4) is 0 Å². The molecule has 0 bridgehead atoms. The zero-order chi connectivity index (χ0) is 0. The first-order valence-corrected chi connectivity index (χ1v) is 0. The third-order valence-electron chi connectivity index (χ3n) is 0. The van der Waals surface area contributed by atoms with Gasteiger partial charge in [-0.15, -0.1) is 0 Å². The van der Waals surface area contributed by atoms with Gasteiger partial charge in [-0.1, -0.05) is 0 Å². The van der Waals surface area contributed by atoms with E-state index in [0.29, 0.717) is 0 Å². The topological polar surface area (TPSA) is 0 Å². The minimum Gasteiger partial charge on any atom is 0 e. The Bertz CT molecular complexity index is 19.7. The zero-order valence-corrected chi connectivity index (χ0v) is 11.3. The van der Waals surface area contributed by atoms with E-state index in [1.165, 1.54) is 0 Å². The van der Waals surface area contributed by atoms with Crippen LogP contribution in [0.1, 0.15) is 0 Å². The molecule has 0 aliphatic rings. The molecule has 0 heterocycles. The molecule has 0 saturated carbocycles. The number of hydrogen-bond donors (Lipinski definition) is 0. The largest absolute Gasteiger partial charge is 0.187 e. The van der Waals surface area contributed by atoms with Gasteiger partial charge in [0.15, 0.2) is 17.4 Å². The molecule has 0 spiro atoms. The summed E-state index contributed by atoms with van der Waals surface area (Å²) in [5.41, 5.74) is 0. The van der Waals surface area contributed by atoms with Gasteiger partial charge in [-0.2, -0.15) is 0 Å². The van der Waals surface area contributed by atoms with Gasteiger partial charge in [-0.25, -0.2) is 0 Å². The van der Waals surface area contributed by atoms with Crippen molar-refractivity contribution in [2.75, 3.05) is 0 Å². The molecule has 0 amide bonds. The molecule has 0 aliphatic carbocycles. The normalized spacial score (nSPS) is 0. The molecular formula is H3AgAlAuCuNiPdPt. The van der Waals surface area contributed by atoms with Crippen molar-refractivity contribution >= 4 is 17.4 Å². The molecule has 0 aliphatic heterocycles. The van der Waals surface area contributed by atoms with Crippen molar-refractivity contribution in [1.82, 2.24) is 0 Å². The summed E-state index contributed by atoms with van der Waals surface area (Å²) in [4.78, 5) is 0. The summed E-state index contributed by atoms with van der Waals surface area (Å²) >= 11 is 0. The Morgan fingerprint density at radius 2 is 1.00 bits per heavy atom. The summed E-state index contributed by atoms with van der Waals surface area (Å²) < 4.78 is 0. The maximum absolute atomic E-state index is 0. The first-order valence-electron chi connectivity index (χ1n) is 0. The van der Waals surface area contributed by atoms with Gasteiger partial charge in [0.2, 0.25) is 0 Å². The van der Waals surface area contributed by atoms with Crippen molar-refractivity contribution in [3.63, 3.8) is 0 Å². The van der Waals surface area contributed by atoms with E-state index in [9.17, 15) is 0 Å². The van der Waals surface area contributed by atoms with Crippen LogP contribution in [0, 0.1) is 0 Å². The summed E-state index contributed by atoms with van der Waals surface area (Å²) in [5, 5.41) is 0. The fraction of sp³-hybridized carbons (Fsp3) is 0. The molecular weight excluding hydrogens is 756 g/mol.